The van der Waals surface area contributed by atoms with Gasteiger partial charge in [-0.1, -0.05) is 91.0 Å². The normalized spacial score (nSPS) is 14.1. The molecule has 0 radical (unpaired) electrons. The molecular weight excluding hydrogens is 473 g/mol. The Bertz CT molecular complexity index is 1130. The zero-order valence-electron chi connectivity index (χ0n) is 19.5. The summed E-state index contributed by atoms with van der Waals surface area (Å²) < 4.78 is 55.2. The first kappa shape index (κ1) is 26.3. The molecule has 0 saturated carbocycles. The van der Waals surface area contributed by atoms with Crippen LogP contribution in [-0.2, 0) is 41.0 Å². The van der Waals surface area contributed by atoms with Gasteiger partial charge in [0.2, 0.25) is 0 Å². The summed E-state index contributed by atoms with van der Waals surface area (Å²) in [6, 6.07) is 28.1. The molecule has 182 valence electrons. The number of nitrogens with zero attached hydrogens (tertiary/aromatic N) is 1. The highest BCUT2D eigenvalue weighted by atomic mass is 32.2. The molecule has 3 aromatic rings. The maximum absolute atomic E-state index is 14.0. The summed E-state index contributed by atoms with van der Waals surface area (Å²) in [6.45, 7) is 0.709. The first-order valence-electron chi connectivity index (χ1n) is 10.7. The number of hydrogen-bond donors (Lipinski definition) is 0. The van der Waals surface area contributed by atoms with Crippen molar-refractivity contribution >= 4 is 17.7 Å². The Balaban J connectivity index is 2.19. The molecule has 7 nitrogen and oxygen atoms in total. The van der Waals surface area contributed by atoms with E-state index in [0.29, 0.717) is 18.7 Å². The van der Waals surface area contributed by atoms with Gasteiger partial charge in [0.15, 0.2) is 0 Å². The predicted octanol–water partition coefficient (Wildman–Crippen LogP) is 5.22. The Morgan fingerprint density at radius 2 is 1.18 bits per heavy atom. The fourth-order valence-electron chi connectivity index (χ4n) is 3.84. The lowest BCUT2D eigenvalue weighted by molar-refractivity contribution is 0.0803. The molecule has 0 saturated heterocycles. The highest BCUT2D eigenvalue weighted by Gasteiger charge is 2.47. The van der Waals surface area contributed by atoms with E-state index >= 15 is 0 Å². The van der Waals surface area contributed by atoms with E-state index in [4.69, 9.17) is 13.2 Å². The molecule has 0 aliphatic heterocycles. The van der Waals surface area contributed by atoms with Gasteiger partial charge in [-0.3, -0.25) is 13.6 Å². The van der Waals surface area contributed by atoms with E-state index in [0.717, 1.165) is 17.4 Å². The van der Waals surface area contributed by atoms with Crippen LogP contribution in [0.4, 0.5) is 0 Å². The Morgan fingerprint density at radius 1 is 0.765 bits per heavy atom. The van der Waals surface area contributed by atoms with Crippen molar-refractivity contribution in [3.8, 4) is 0 Å². The van der Waals surface area contributed by atoms with Crippen LogP contribution in [0.2, 0.25) is 0 Å². The molecule has 0 aliphatic carbocycles. The molecule has 0 aromatic heterocycles. The SMILES string of the molecule is COP(=O)(OC)[C@H]([C@@H](OS(C)(=O)=O)c1ccccc1)N(Cc1ccccc1)Cc1ccccc1. The maximum atomic E-state index is 14.0. The monoisotopic (exact) mass is 503 g/mol. The van der Waals surface area contributed by atoms with E-state index in [1.54, 1.807) is 24.3 Å². The molecule has 9 heteroatoms. The van der Waals surface area contributed by atoms with E-state index in [9.17, 15) is 13.0 Å². The minimum absolute atomic E-state index is 0.355. The lowest BCUT2D eigenvalue weighted by Gasteiger charge is -2.39. The van der Waals surface area contributed by atoms with Gasteiger partial charge >= 0.3 is 7.60 Å². The van der Waals surface area contributed by atoms with Crippen LogP contribution in [0.25, 0.3) is 0 Å². The highest BCUT2D eigenvalue weighted by Crippen LogP contribution is 2.58. The molecular formula is C25H30NO6PS. The van der Waals surface area contributed by atoms with Crippen molar-refractivity contribution in [1.82, 2.24) is 4.90 Å². The van der Waals surface area contributed by atoms with Crippen LogP contribution in [-0.4, -0.2) is 39.6 Å². The van der Waals surface area contributed by atoms with Crippen molar-refractivity contribution in [3.63, 3.8) is 0 Å². The lowest BCUT2D eigenvalue weighted by Crippen LogP contribution is -2.41. The first-order chi connectivity index (χ1) is 16.3. The third kappa shape index (κ3) is 7.09. The second kappa shape index (κ2) is 11.9. The summed E-state index contributed by atoms with van der Waals surface area (Å²) >= 11 is 0. The Kier molecular flexibility index (Phi) is 9.19. The molecule has 0 spiro atoms. The topological polar surface area (TPSA) is 82.1 Å². The zero-order valence-corrected chi connectivity index (χ0v) is 21.2. The summed E-state index contributed by atoms with van der Waals surface area (Å²) in [5.41, 5.74) is 2.44. The number of hydrogen-bond acceptors (Lipinski definition) is 7. The quantitative estimate of drug-likeness (QED) is 0.248. The van der Waals surface area contributed by atoms with E-state index in [1.165, 1.54) is 14.2 Å². The molecule has 0 amide bonds. The Hall–Kier alpha value is -2.32. The second-order valence-corrected chi connectivity index (χ2v) is 11.8. The zero-order chi connectivity index (χ0) is 24.6. The van der Waals surface area contributed by atoms with Crippen molar-refractivity contribution in [1.29, 1.82) is 0 Å². The third-order valence-electron chi connectivity index (χ3n) is 5.34. The molecule has 0 N–H and O–H groups in total. The Morgan fingerprint density at radius 3 is 1.56 bits per heavy atom. The molecule has 0 unspecified atom stereocenters. The van der Waals surface area contributed by atoms with Gasteiger partial charge in [0, 0.05) is 27.3 Å². The summed E-state index contributed by atoms with van der Waals surface area (Å²) in [4.78, 5) is 1.89. The fraction of sp³-hybridized carbons (Fsp3) is 0.280. The van der Waals surface area contributed by atoms with Gasteiger partial charge in [-0.15, -0.1) is 0 Å². The van der Waals surface area contributed by atoms with Gasteiger partial charge < -0.3 is 9.05 Å². The third-order valence-corrected chi connectivity index (χ3v) is 8.16. The van der Waals surface area contributed by atoms with Crippen LogP contribution < -0.4 is 0 Å². The van der Waals surface area contributed by atoms with Gasteiger partial charge in [-0.25, -0.2) is 0 Å². The maximum Gasteiger partial charge on any atom is 0.350 e. The predicted molar refractivity (Wildman–Crippen MR) is 133 cm³/mol. The van der Waals surface area contributed by atoms with Gasteiger partial charge in [0.05, 0.1) is 6.26 Å². The minimum Gasteiger partial charge on any atom is -0.311 e. The summed E-state index contributed by atoms with van der Waals surface area (Å²) in [6.07, 6.45) is -0.169. The van der Waals surface area contributed by atoms with Gasteiger partial charge in [-0.05, 0) is 16.7 Å². The van der Waals surface area contributed by atoms with Crippen molar-refractivity contribution in [2.24, 2.45) is 0 Å². The van der Waals surface area contributed by atoms with Crippen LogP contribution in [0.1, 0.15) is 22.8 Å². The van der Waals surface area contributed by atoms with Crippen LogP contribution >= 0.6 is 7.60 Å². The van der Waals surface area contributed by atoms with E-state index in [1.807, 2.05) is 71.6 Å². The van der Waals surface area contributed by atoms with Crippen LogP contribution in [0.3, 0.4) is 0 Å². The largest absolute Gasteiger partial charge is 0.350 e. The Labute approximate surface area is 201 Å². The van der Waals surface area contributed by atoms with Crippen molar-refractivity contribution < 1.29 is 26.2 Å². The van der Waals surface area contributed by atoms with Gasteiger partial charge in [0.25, 0.3) is 10.1 Å². The number of benzene rings is 3. The minimum atomic E-state index is -3.93. The van der Waals surface area contributed by atoms with E-state index in [-0.39, 0.29) is 0 Å². The summed E-state index contributed by atoms with van der Waals surface area (Å²) in [5.74, 6) is -1.07. The number of rotatable bonds is 12. The molecule has 0 bridgehead atoms. The molecule has 3 rings (SSSR count). The van der Waals surface area contributed by atoms with Crippen molar-refractivity contribution in [2.75, 3.05) is 20.5 Å². The fourth-order valence-corrected chi connectivity index (χ4v) is 6.22. The second-order valence-electron chi connectivity index (χ2n) is 7.83. The molecule has 3 aromatic carbocycles. The van der Waals surface area contributed by atoms with Crippen LogP contribution in [0.5, 0.6) is 0 Å². The van der Waals surface area contributed by atoms with Crippen molar-refractivity contribution in [2.45, 2.75) is 25.0 Å². The standard InChI is InChI=1S/C25H30NO6PS/c1-30-33(27,31-2)25(24(32-34(3,28)29)23-17-11-6-12-18-23)26(19-21-13-7-4-8-14-21)20-22-15-9-5-10-16-22/h4-18,24-25H,19-20H2,1-3H3/t24-,25+/m0/s1. The van der Waals surface area contributed by atoms with Gasteiger partial charge in [0.1, 0.15) is 11.9 Å². The van der Waals surface area contributed by atoms with E-state index in [2.05, 4.69) is 0 Å². The van der Waals surface area contributed by atoms with E-state index < -0.39 is 29.6 Å². The summed E-state index contributed by atoms with van der Waals surface area (Å²) in [7, 11) is -5.23. The average molecular weight is 504 g/mol. The molecule has 0 fully saturated rings. The molecule has 2 atom stereocenters. The average Bonchev–Trinajstić information content (AvgIpc) is 2.84. The molecule has 34 heavy (non-hydrogen) atoms. The lowest BCUT2D eigenvalue weighted by atomic mass is 10.1. The molecule has 0 aliphatic rings. The molecule has 0 heterocycles. The first-order valence-corrected chi connectivity index (χ1v) is 14.1. The smallest absolute Gasteiger partial charge is 0.311 e. The van der Waals surface area contributed by atoms with Gasteiger partial charge in [-0.2, -0.15) is 8.42 Å². The van der Waals surface area contributed by atoms with Crippen LogP contribution in [0, 0.1) is 0 Å². The van der Waals surface area contributed by atoms with Crippen LogP contribution in [0.15, 0.2) is 91.0 Å². The summed E-state index contributed by atoms with van der Waals surface area (Å²) in [5, 5.41) is 0. The highest BCUT2D eigenvalue weighted by molar-refractivity contribution is 7.86. The van der Waals surface area contributed by atoms with Crippen molar-refractivity contribution in [3.05, 3.63) is 108 Å².